The highest BCUT2D eigenvalue weighted by Crippen LogP contribution is 2.25. The van der Waals surface area contributed by atoms with E-state index in [1.807, 2.05) is 35.8 Å². The maximum absolute atomic E-state index is 13.1. The van der Waals surface area contributed by atoms with E-state index < -0.39 is 0 Å². The molecule has 0 radical (unpaired) electrons. The third-order valence-corrected chi connectivity index (χ3v) is 6.72. The van der Waals surface area contributed by atoms with Gasteiger partial charge in [0.2, 0.25) is 0 Å². The maximum Gasteiger partial charge on any atom is 0.262 e. The summed E-state index contributed by atoms with van der Waals surface area (Å²) in [6, 6.07) is 7.63. The van der Waals surface area contributed by atoms with Crippen molar-refractivity contribution in [3.63, 3.8) is 0 Å². The van der Waals surface area contributed by atoms with Crippen LogP contribution in [0.3, 0.4) is 0 Å². The highest BCUT2D eigenvalue weighted by atomic mass is 32.2. The number of thioether (sulfide) groups is 1. The van der Waals surface area contributed by atoms with Crippen LogP contribution in [-0.2, 0) is 12.3 Å². The van der Waals surface area contributed by atoms with Gasteiger partial charge >= 0.3 is 0 Å². The first-order valence-corrected chi connectivity index (χ1v) is 11.3. The smallest absolute Gasteiger partial charge is 0.262 e. The SMILES string of the molecule is Cc1nc(CSc2nc3ccccc3c(=O)n2CCC2=CCCCC2)cs1. The molecule has 0 saturated heterocycles. The largest absolute Gasteiger partial charge is 0.287 e. The summed E-state index contributed by atoms with van der Waals surface area (Å²) in [5.74, 6) is 0.734. The number of fused-ring (bicyclic) bond motifs is 1. The molecular weight excluding hydrogens is 374 g/mol. The first-order valence-electron chi connectivity index (χ1n) is 9.42. The summed E-state index contributed by atoms with van der Waals surface area (Å²) in [4.78, 5) is 22.5. The molecule has 0 saturated carbocycles. The van der Waals surface area contributed by atoms with E-state index in [1.165, 1.54) is 24.8 Å². The van der Waals surface area contributed by atoms with Crippen molar-refractivity contribution < 1.29 is 0 Å². The van der Waals surface area contributed by atoms with Gasteiger partial charge < -0.3 is 0 Å². The number of hydrogen-bond donors (Lipinski definition) is 0. The van der Waals surface area contributed by atoms with Gasteiger partial charge in [-0.3, -0.25) is 9.36 Å². The predicted octanol–water partition coefficient (Wildman–Crippen LogP) is 5.34. The van der Waals surface area contributed by atoms with Crippen molar-refractivity contribution in [2.45, 2.75) is 56.5 Å². The molecule has 27 heavy (non-hydrogen) atoms. The number of allylic oxidation sites excluding steroid dienone is 2. The number of aromatic nitrogens is 3. The lowest BCUT2D eigenvalue weighted by Crippen LogP contribution is -2.24. The third-order valence-electron chi connectivity index (χ3n) is 4.88. The molecule has 1 aliphatic rings. The highest BCUT2D eigenvalue weighted by molar-refractivity contribution is 7.98. The summed E-state index contributed by atoms with van der Waals surface area (Å²) in [6.07, 6.45) is 8.18. The third kappa shape index (κ3) is 4.33. The minimum atomic E-state index is 0.0639. The first-order chi connectivity index (χ1) is 13.2. The zero-order valence-electron chi connectivity index (χ0n) is 15.5. The number of aryl methyl sites for hydroxylation is 1. The summed E-state index contributed by atoms with van der Waals surface area (Å²) in [5, 5.41) is 4.64. The molecular formula is C21H23N3OS2. The number of para-hydroxylation sites is 1. The molecule has 0 N–H and O–H groups in total. The van der Waals surface area contributed by atoms with Crippen molar-refractivity contribution in [1.29, 1.82) is 0 Å². The summed E-state index contributed by atoms with van der Waals surface area (Å²) in [5.41, 5.74) is 3.36. The lowest BCUT2D eigenvalue weighted by molar-refractivity contribution is 0.569. The molecule has 1 aromatic carbocycles. The zero-order chi connectivity index (χ0) is 18.6. The van der Waals surface area contributed by atoms with E-state index >= 15 is 0 Å². The fourth-order valence-electron chi connectivity index (χ4n) is 3.46. The molecule has 4 nitrogen and oxygen atoms in total. The predicted molar refractivity (Wildman–Crippen MR) is 114 cm³/mol. The van der Waals surface area contributed by atoms with Gasteiger partial charge in [-0.05, 0) is 51.2 Å². The van der Waals surface area contributed by atoms with Crippen LogP contribution in [0.2, 0.25) is 0 Å². The van der Waals surface area contributed by atoms with Crippen molar-refractivity contribution in [2.24, 2.45) is 0 Å². The average Bonchev–Trinajstić information content (AvgIpc) is 3.12. The van der Waals surface area contributed by atoms with Crippen molar-refractivity contribution in [3.05, 3.63) is 62.4 Å². The molecule has 2 aromatic heterocycles. The maximum atomic E-state index is 13.1. The Hall–Kier alpha value is -1.92. The Morgan fingerprint density at radius 2 is 2.11 bits per heavy atom. The van der Waals surface area contributed by atoms with E-state index in [2.05, 4.69) is 16.4 Å². The van der Waals surface area contributed by atoms with Gasteiger partial charge in [-0.25, -0.2) is 9.97 Å². The molecule has 6 heteroatoms. The Kier molecular flexibility index (Phi) is 5.74. The van der Waals surface area contributed by atoms with Crippen LogP contribution in [0, 0.1) is 6.92 Å². The lowest BCUT2D eigenvalue weighted by Gasteiger charge is -2.16. The van der Waals surface area contributed by atoms with Crippen molar-refractivity contribution in [2.75, 3.05) is 0 Å². The molecule has 0 unspecified atom stereocenters. The number of benzene rings is 1. The number of thiazole rings is 1. The van der Waals surface area contributed by atoms with Crippen LogP contribution in [-0.4, -0.2) is 14.5 Å². The fraction of sp³-hybridized carbons (Fsp3) is 0.381. The number of rotatable bonds is 6. The second kappa shape index (κ2) is 8.40. The molecule has 0 atom stereocenters. The minimum Gasteiger partial charge on any atom is -0.287 e. The van der Waals surface area contributed by atoms with Crippen LogP contribution in [0.5, 0.6) is 0 Å². The van der Waals surface area contributed by atoms with Gasteiger partial charge in [-0.15, -0.1) is 11.3 Å². The minimum absolute atomic E-state index is 0.0639. The van der Waals surface area contributed by atoms with Gasteiger partial charge in [0.25, 0.3) is 5.56 Å². The second-order valence-electron chi connectivity index (χ2n) is 6.87. The quantitative estimate of drug-likeness (QED) is 0.320. The average molecular weight is 398 g/mol. The molecule has 0 spiro atoms. The molecule has 0 aliphatic heterocycles. The van der Waals surface area contributed by atoms with Gasteiger partial charge in [-0.1, -0.05) is 35.5 Å². The van der Waals surface area contributed by atoms with Crippen LogP contribution in [0.25, 0.3) is 10.9 Å². The molecule has 1 aliphatic carbocycles. The zero-order valence-corrected chi connectivity index (χ0v) is 17.1. The van der Waals surface area contributed by atoms with Gasteiger partial charge in [-0.2, -0.15) is 0 Å². The summed E-state index contributed by atoms with van der Waals surface area (Å²) < 4.78 is 1.86. The number of nitrogens with zero attached hydrogens (tertiary/aromatic N) is 3. The Morgan fingerprint density at radius 3 is 2.89 bits per heavy atom. The Balaban J connectivity index is 1.64. The molecule has 0 bridgehead atoms. The molecule has 4 rings (SSSR count). The van der Waals surface area contributed by atoms with E-state index in [9.17, 15) is 4.79 Å². The fourth-order valence-corrected chi connectivity index (χ4v) is 5.09. The van der Waals surface area contributed by atoms with Crippen molar-refractivity contribution >= 4 is 34.0 Å². The van der Waals surface area contributed by atoms with E-state index in [1.54, 1.807) is 23.1 Å². The van der Waals surface area contributed by atoms with Crippen LogP contribution in [0.4, 0.5) is 0 Å². The Labute approximate surface area is 167 Å². The molecule has 3 aromatic rings. The van der Waals surface area contributed by atoms with Crippen molar-refractivity contribution in [3.8, 4) is 0 Å². The summed E-state index contributed by atoms with van der Waals surface area (Å²) in [6.45, 7) is 2.71. The summed E-state index contributed by atoms with van der Waals surface area (Å²) >= 11 is 3.26. The molecule has 140 valence electrons. The van der Waals surface area contributed by atoms with Crippen LogP contribution >= 0.6 is 23.1 Å². The van der Waals surface area contributed by atoms with Gasteiger partial charge in [0.1, 0.15) is 0 Å². The Morgan fingerprint density at radius 1 is 1.22 bits per heavy atom. The molecule has 2 heterocycles. The second-order valence-corrected chi connectivity index (χ2v) is 8.88. The lowest BCUT2D eigenvalue weighted by atomic mass is 9.97. The van der Waals surface area contributed by atoms with Gasteiger partial charge in [0, 0.05) is 17.7 Å². The van der Waals surface area contributed by atoms with Crippen LogP contribution < -0.4 is 5.56 Å². The Bertz CT molecular complexity index is 1040. The molecule has 0 fully saturated rings. The van der Waals surface area contributed by atoms with Crippen molar-refractivity contribution in [1.82, 2.24) is 14.5 Å². The topological polar surface area (TPSA) is 47.8 Å². The van der Waals surface area contributed by atoms with Crippen LogP contribution in [0.15, 0.2) is 51.2 Å². The van der Waals surface area contributed by atoms with E-state index in [0.29, 0.717) is 11.9 Å². The molecule has 0 amide bonds. The monoisotopic (exact) mass is 397 g/mol. The summed E-state index contributed by atoms with van der Waals surface area (Å²) in [7, 11) is 0. The van der Waals surface area contributed by atoms with E-state index in [-0.39, 0.29) is 5.56 Å². The van der Waals surface area contributed by atoms with Gasteiger partial charge in [0.15, 0.2) is 5.16 Å². The number of hydrogen-bond acceptors (Lipinski definition) is 5. The van der Waals surface area contributed by atoms with E-state index in [0.717, 1.165) is 40.0 Å². The first kappa shape index (κ1) is 18.4. The van der Waals surface area contributed by atoms with Crippen LogP contribution in [0.1, 0.15) is 42.8 Å². The highest BCUT2D eigenvalue weighted by Gasteiger charge is 2.13. The standard InChI is InChI=1S/C21H23N3OS2/c1-15-22-17(13-26-15)14-27-21-23-19-10-6-5-9-18(19)20(25)24(21)12-11-16-7-3-2-4-8-16/h5-7,9-10,13H,2-4,8,11-12,14H2,1H3. The van der Waals surface area contributed by atoms with E-state index in [4.69, 9.17) is 4.98 Å². The normalized spacial score (nSPS) is 14.5. The van der Waals surface area contributed by atoms with Gasteiger partial charge in [0.05, 0.1) is 21.6 Å².